The smallest absolute Gasteiger partial charge is 0.162 e. The number of aromatic nitrogens is 2. The van der Waals surface area contributed by atoms with E-state index in [0.717, 1.165) is 11.1 Å². The minimum atomic E-state index is 0.201. The van der Waals surface area contributed by atoms with E-state index in [9.17, 15) is 0 Å². The summed E-state index contributed by atoms with van der Waals surface area (Å²) in [7, 11) is 0. The van der Waals surface area contributed by atoms with Crippen molar-refractivity contribution in [1.29, 1.82) is 0 Å². The summed E-state index contributed by atoms with van der Waals surface area (Å²) in [6, 6.07) is 8.18. The van der Waals surface area contributed by atoms with Crippen LogP contribution >= 0.6 is 23.2 Å². The first-order valence-corrected chi connectivity index (χ1v) is 7.49. The normalized spacial score (nSPS) is 11.4. The van der Waals surface area contributed by atoms with Crippen molar-refractivity contribution in [3.05, 3.63) is 45.7 Å². The number of halogens is 2. The number of hydrogen-bond donors (Lipinski definition) is 0. The molecule has 1 aromatic carbocycles. The van der Waals surface area contributed by atoms with Crippen LogP contribution in [0.25, 0.3) is 11.4 Å². The monoisotopic (exact) mass is 308 g/mol. The van der Waals surface area contributed by atoms with Gasteiger partial charge in [0.15, 0.2) is 5.82 Å². The van der Waals surface area contributed by atoms with Crippen LogP contribution in [0.4, 0.5) is 0 Å². The summed E-state index contributed by atoms with van der Waals surface area (Å²) in [5.74, 6) is 1.27. The highest BCUT2D eigenvalue weighted by molar-refractivity contribution is 6.34. The second-order valence-electron chi connectivity index (χ2n) is 5.47. The lowest BCUT2D eigenvalue weighted by atomic mass is 10.0. The molecule has 2 nitrogen and oxygen atoms in total. The molecule has 0 unspecified atom stereocenters. The molecule has 0 saturated heterocycles. The van der Waals surface area contributed by atoms with Crippen molar-refractivity contribution in [3.63, 3.8) is 0 Å². The highest BCUT2D eigenvalue weighted by Crippen LogP contribution is 2.31. The molecule has 0 N–H and O–H groups in total. The molecule has 0 saturated carbocycles. The number of benzene rings is 1. The van der Waals surface area contributed by atoms with Crippen LogP contribution in [0.15, 0.2) is 24.3 Å². The Morgan fingerprint density at radius 3 is 1.70 bits per heavy atom. The van der Waals surface area contributed by atoms with Gasteiger partial charge in [-0.3, -0.25) is 0 Å². The van der Waals surface area contributed by atoms with E-state index in [0.29, 0.717) is 22.0 Å². The standard InChI is InChI=1S/C16H18Cl2N2/c1-9(2)11-5-7-12(8-6-11)16-19-14(17)13(10(3)4)15(18)20-16/h5-10H,1-4H3. The Morgan fingerprint density at radius 1 is 0.800 bits per heavy atom. The average Bonchev–Trinajstić information content (AvgIpc) is 2.37. The molecular formula is C16H18Cl2N2. The summed E-state index contributed by atoms with van der Waals surface area (Å²) < 4.78 is 0. The second kappa shape index (κ2) is 6.11. The molecule has 0 fully saturated rings. The summed E-state index contributed by atoms with van der Waals surface area (Å²) >= 11 is 12.5. The van der Waals surface area contributed by atoms with Gasteiger partial charge in [0, 0.05) is 11.1 Å². The van der Waals surface area contributed by atoms with E-state index in [1.165, 1.54) is 5.56 Å². The average molecular weight is 309 g/mol. The van der Waals surface area contributed by atoms with Gasteiger partial charge in [0.05, 0.1) is 0 Å². The molecule has 4 heteroatoms. The van der Waals surface area contributed by atoms with Gasteiger partial charge in [-0.25, -0.2) is 9.97 Å². The molecule has 0 aliphatic carbocycles. The zero-order chi connectivity index (χ0) is 14.9. The maximum atomic E-state index is 6.23. The molecule has 1 heterocycles. The molecule has 0 atom stereocenters. The van der Waals surface area contributed by atoms with Crippen LogP contribution < -0.4 is 0 Å². The molecule has 0 spiro atoms. The van der Waals surface area contributed by atoms with E-state index >= 15 is 0 Å². The highest BCUT2D eigenvalue weighted by atomic mass is 35.5. The number of hydrogen-bond acceptors (Lipinski definition) is 2. The van der Waals surface area contributed by atoms with Crippen molar-refractivity contribution < 1.29 is 0 Å². The van der Waals surface area contributed by atoms with E-state index in [4.69, 9.17) is 23.2 Å². The van der Waals surface area contributed by atoms with Crippen LogP contribution in [0.3, 0.4) is 0 Å². The van der Waals surface area contributed by atoms with Gasteiger partial charge >= 0.3 is 0 Å². The van der Waals surface area contributed by atoms with E-state index in [-0.39, 0.29) is 5.92 Å². The molecule has 2 aromatic rings. The summed E-state index contributed by atoms with van der Waals surface area (Å²) in [6.07, 6.45) is 0. The van der Waals surface area contributed by atoms with Crippen molar-refractivity contribution in [2.75, 3.05) is 0 Å². The SMILES string of the molecule is CC(C)c1ccc(-c2nc(Cl)c(C(C)C)c(Cl)n2)cc1. The maximum Gasteiger partial charge on any atom is 0.162 e. The Kier molecular flexibility index (Phi) is 4.66. The van der Waals surface area contributed by atoms with Gasteiger partial charge in [0.25, 0.3) is 0 Å². The first-order chi connectivity index (χ1) is 9.40. The van der Waals surface area contributed by atoms with Crippen molar-refractivity contribution >= 4 is 23.2 Å². The Morgan fingerprint density at radius 2 is 1.30 bits per heavy atom. The molecular weight excluding hydrogens is 291 g/mol. The third-order valence-electron chi connectivity index (χ3n) is 3.27. The van der Waals surface area contributed by atoms with Gasteiger partial charge in [-0.15, -0.1) is 0 Å². The van der Waals surface area contributed by atoms with Gasteiger partial charge < -0.3 is 0 Å². The topological polar surface area (TPSA) is 25.8 Å². The lowest BCUT2D eigenvalue weighted by molar-refractivity contribution is 0.847. The summed E-state index contributed by atoms with van der Waals surface area (Å²) in [5, 5.41) is 0.867. The number of nitrogens with zero attached hydrogens (tertiary/aromatic N) is 2. The molecule has 0 amide bonds. The van der Waals surface area contributed by atoms with Crippen molar-refractivity contribution in [2.45, 2.75) is 39.5 Å². The Hall–Kier alpha value is -1.12. The quantitative estimate of drug-likeness (QED) is 0.680. The second-order valence-corrected chi connectivity index (χ2v) is 6.19. The van der Waals surface area contributed by atoms with Crippen LogP contribution in [0.1, 0.15) is 50.7 Å². The zero-order valence-electron chi connectivity index (χ0n) is 12.1. The van der Waals surface area contributed by atoms with E-state index < -0.39 is 0 Å². The van der Waals surface area contributed by atoms with Crippen molar-refractivity contribution in [1.82, 2.24) is 9.97 Å². The molecule has 0 aliphatic rings. The predicted molar refractivity (Wildman–Crippen MR) is 85.7 cm³/mol. The fourth-order valence-electron chi connectivity index (χ4n) is 2.04. The van der Waals surface area contributed by atoms with E-state index in [1.807, 2.05) is 26.0 Å². The molecule has 106 valence electrons. The van der Waals surface area contributed by atoms with Crippen molar-refractivity contribution in [2.24, 2.45) is 0 Å². The van der Waals surface area contributed by atoms with Crippen LogP contribution in [0, 0.1) is 0 Å². The third-order valence-corrected chi connectivity index (χ3v) is 3.84. The molecule has 2 rings (SSSR count). The molecule has 0 bridgehead atoms. The fourth-order valence-corrected chi connectivity index (χ4v) is 2.86. The third kappa shape index (κ3) is 3.13. The Labute approximate surface area is 130 Å². The zero-order valence-corrected chi connectivity index (χ0v) is 13.6. The minimum Gasteiger partial charge on any atom is -0.216 e. The largest absolute Gasteiger partial charge is 0.216 e. The van der Waals surface area contributed by atoms with Crippen molar-refractivity contribution in [3.8, 4) is 11.4 Å². The lowest BCUT2D eigenvalue weighted by Gasteiger charge is -2.11. The van der Waals surface area contributed by atoms with Gasteiger partial charge in [0.1, 0.15) is 10.3 Å². The first-order valence-electron chi connectivity index (χ1n) is 6.73. The van der Waals surface area contributed by atoms with Gasteiger partial charge in [-0.05, 0) is 17.4 Å². The van der Waals surface area contributed by atoms with Gasteiger partial charge in [0.2, 0.25) is 0 Å². The molecule has 0 radical (unpaired) electrons. The number of rotatable bonds is 3. The first kappa shape index (κ1) is 15.3. The summed E-state index contributed by atoms with van der Waals surface area (Å²) in [6.45, 7) is 8.37. The van der Waals surface area contributed by atoms with Gasteiger partial charge in [-0.1, -0.05) is 75.2 Å². The van der Waals surface area contributed by atoms with Crippen LogP contribution in [-0.2, 0) is 0 Å². The van der Waals surface area contributed by atoms with E-state index in [1.54, 1.807) is 0 Å². The van der Waals surface area contributed by atoms with Gasteiger partial charge in [-0.2, -0.15) is 0 Å². The summed E-state index contributed by atoms with van der Waals surface area (Å²) in [5.41, 5.74) is 3.01. The Bertz CT molecular complexity index is 581. The summed E-state index contributed by atoms with van der Waals surface area (Å²) in [4.78, 5) is 8.74. The Balaban J connectivity index is 2.43. The van der Waals surface area contributed by atoms with E-state index in [2.05, 4.69) is 35.9 Å². The van der Waals surface area contributed by atoms with Crippen LogP contribution in [0.5, 0.6) is 0 Å². The molecule has 0 aliphatic heterocycles. The molecule has 1 aromatic heterocycles. The minimum absolute atomic E-state index is 0.201. The fraction of sp³-hybridized carbons (Fsp3) is 0.375. The molecule has 20 heavy (non-hydrogen) atoms. The van der Waals surface area contributed by atoms with Crippen LogP contribution in [-0.4, -0.2) is 9.97 Å². The van der Waals surface area contributed by atoms with Crippen LogP contribution in [0.2, 0.25) is 10.3 Å². The predicted octanol–water partition coefficient (Wildman–Crippen LogP) is 5.70. The highest BCUT2D eigenvalue weighted by Gasteiger charge is 2.15. The lowest BCUT2D eigenvalue weighted by Crippen LogP contribution is -1.99. The maximum absolute atomic E-state index is 6.23.